The Labute approximate surface area is 118 Å². The number of nitrogens with zero attached hydrogens (tertiary/aromatic N) is 1. The molecule has 0 atom stereocenters. The van der Waals surface area contributed by atoms with Gasteiger partial charge in [0.1, 0.15) is 10.7 Å². The lowest BCUT2D eigenvalue weighted by molar-refractivity contribution is 0.570. The fourth-order valence-corrected chi connectivity index (χ4v) is 2.97. The molecule has 4 nitrogen and oxygen atoms in total. The summed E-state index contributed by atoms with van der Waals surface area (Å²) in [7, 11) is -3.97. The van der Waals surface area contributed by atoms with Crippen molar-refractivity contribution in [3.05, 3.63) is 52.5 Å². The summed E-state index contributed by atoms with van der Waals surface area (Å²) in [5.74, 6) is -0.816. The normalized spacial score (nSPS) is 11.3. The first-order valence-electron chi connectivity index (χ1n) is 5.28. The molecular formula is C12H10BrFN2O2S. The van der Waals surface area contributed by atoms with Gasteiger partial charge in [-0.05, 0) is 36.8 Å². The van der Waals surface area contributed by atoms with Crippen LogP contribution in [0, 0.1) is 12.7 Å². The number of anilines is 1. The molecule has 0 saturated heterocycles. The minimum atomic E-state index is -3.97. The molecule has 19 heavy (non-hydrogen) atoms. The maximum absolute atomic E-state index is 13.7. The molecule has 7 heteroatoms. The van der Waals surface area contributed by atoms with E-state index in [1.807, 2.05) is 0 Å². The van der Waals surface area contributed by atoms with Gasteiger partial charge in [-0.15, -0.1) is 0 Å². The number of aryl methyl sites for hydroxylation is 1. The molecule has 0 amide bonds. The maximum Gasteiger partial charge on any atom is 0.264 e. The van der Waals surface area contributed by atoms with Gasteiger partial charge in [-0.2, -0.15) is 0 Å². The summed E-state index contributed by atoms with van der Waals surface area (Å²) < 4.78 is 40.7. The molecule has 1 N–H and O–H groups in total. The monoisotopic (exact) mass is 344 g/mol. The van der Waals surface area contributed by atoms with Gasteiger partial charge in [0.2, 0.25) is 0 Å². The lowest BCUT2D eigenvalue weighted by atomic mass is 10.3. The van der Waals surface area contributed by atoms with Gasteiger partial charge in [0.15, 0.2) is 0 Å². The number of hydrogen-bond acceptors (Lipinski definition) is 3. The number of aromatic nitrogens is 1. The van der Waals surface area contributed by atoms with Gasteiger partial charge < -0.3 is 0 Å². The first kappa shape index (κ1) is 14.0. The molecule has 0 saturated carbocycles. The molecule has 2 aromatic rings. The molecule has 0 unspecified atom stereocenters. The van der Waals surface area contributed by atoms with Crippen LogP contribution >= 0.6 is 15.9 Å². The van der Waals surface area contributed by atoms with E-state index in [2.05, 4.69) is 25.6 Å². The zero-order chi connectivity index (χ0) is 14.0. The molecule has 0 aliphatic heterocycles. The quantitative estimate of drug-likeness (QED) is 0.930. The fraction of sp³-hybridized carbons (Fsp3) is 0.0833. The van der Waals surface area contributed by atoms with Crippen molar-refractivity contribution < 1.29 is 12.8 Å². The summed E-state index contributed by atoms with van der Waals surface area (Å²) in [6.07, 6.45) is 2.93. The molecule has 0 spiro atoms. The Morgan fingerprint density at radius 2 is 2.05 bits per heavy atom. The highest BCUT2D eigenvalue weighted by molar-refractivity contribution is 9.10. The van der Waals surface area contributed by atoms with Crippen LogP contribution < -0.4 is 4.72 Å². The van der Waals surface area contributed by atoms with Crippen LogP contribution in [-0.4, -0.2) is 13.4 Å². The van der Waals surface area contributed by atoms with Crippen LogP contribution in [0.1, 0.15) is 5.56 Å². The third-order valence-electron chi connectivity index (χ3n) is 2.47. The van der Waals surface area contributed by atoms with Crippen molar-refractivity contribution in [2.24, 2.45) is 0 Å². The van der Waals surface area contributed by atoms with E-state index in [1.165, 1.54) is 18.3 Å². The van der Waals surface area contributed by atoms with Crippen LogP contribution in [-0.2, 0) is 10.0 Å². The van der Waals surface area contributed by atoms with Crippen molar-refractivity contribution in [3.63, 3.8) is 0 Å². The topological polar surface area (TPSA) is 59.1 Å². The van der Waals surface area contributed by atoms with Gasteiger partial charge >= 0.3 is 0 Å². The zero-order valence-corrected chi connectivity index (χ0v) is 12.3. The van der Waals surface area contributed by atoms with Crippen molar-refractivity contribution >= 4 is 31.6 Å². The summed E-state index contributed by atoms with van der Waals surface area (Å²) >= 11 is 3.08. The second-order valence-electron chi connectivity index (χ2n) is 3.87. The Kier molecular flexibility index (Phi) is 3.86. The van der Waals surface area contributed by atoms with Crippen LogP contribution in [0.2, 0.25) is 0 Å². The first-order chi connectivity index (χ1) is 8.90. The highest BCUT2D eigenvalue weighted by Gasteiger charge is 2.19. The summed E-state index contributed by atoms with van der Waals surface area (Å²) in [6.45, 7) is 1.73. The van der Waals surface area contributed by atoms with E-state index < -0.39 is 20.7 Å². The minimum Gasteiger partial charge on any atom is -0.278 e. The third-order valence-corrected chi connectivity index (χ3v) is 4.36. The molecule has 1 aromatic carbocycles. The molecule has 100 valence electrons. The Hall–Kier alpha value is -1.47. The second-order valence-corrected chi connectivity index (χ2v) is 6.44. The lowest BCUT2D eigenvalue weighted by Gasteiger charge is -2.10. The van der Waals surface area contributed by atoms with E-state index in [0.29, 0.717) is 15.7 Å². The number of pyridine rings is 1. The van der Waals surface area contributed by atoms with Crippen molar-refractivity contribution in [1.82, 2.24) is 4.98 Å². The molecule has 0 radical (unpaired) electrons. The van der Waals surface area contributed by atoms with Gasteiger partial charge in [0, 0.05) is 10.7 Å². The minimum absolute atomic E-state index is 0.324. The Bertz CT molecular complexity index is 719. The largest absolute Gasteiger partial charge is 0.278 e. The molecule has 1 aromatic heterocycles. The average Bonchev–Trinajstić information content (AvgIpc) is 2.31. The molecule has 0 aliphatic rings. The van der Waals surface area contributed by atoms with E-state index in [9.17, 15) is 12.8 Å². The molecule has 0 fully saturated rings. The summed E-state index contributed by atoms with van der Waals surface area (Å²) in [5.41, 5.74) is 1.03. The van der Waals surface area contributed by atoms with E-state index in [-0.39, 0.29) is 0 Å². The van der Waals surface area contributed by atoms with E-state index in [1.54, 1.807) is 19.2 Å². The number of rotatable bonds is 3. The van der Waals surface area contributed by atoms with Crippen molar-refractivity contribution in [3.8, 4) is 0 Å². The third kappa shape index (κ3) is 3.10. The smallest absolute Gasteiger partial charge is 0.264 e. The Balaban J connectivity index is 2.41. The second kappa shape index (κ2) is 5.26. The number of halogens is 2. The van der Waals surface area contributed by atoms with Crippen molar-refractivity contribution in [2.45, 2.75) is 11.8 Å². The van der Waals surface area contributed by atoms with Gasteiger partial charge in [0.05, 0.1) is 11.9 Å². The van der Waals surface area contributed by atoms with Crippen LogP contribution in [0.3, 0.4) is 0 Å². The molecule has 0 bridgehead atoms. The Morgan fingerprint density at radius 1 is 1.32 bits per heavy atom. The number of benzene rings is 1. The Morgan fingerprint density at radius 3 is 2.68 bits per heavy atom. The summed E-state index contributed by atoms with van der Waals surface area (Å²) in [6, 6.07) is 5.43. The van der Waals surface area contributed by atoms with Crippen molar-refractivity contribution in [1.29, 1.82) is 0 Å². The fourth-order valence-electron chi connectivity index (χ4n) is 1.46. The standard InChI is InChI=1S/C12H10BrFN2O2S/c1-8-4-5-15-7-11(8)16-19(17,18)12-3-2-9(13)6-10(12)14/h2-7,16H,1H3. The molecule has 2 rings (SSSR count). The number of hydrogen-bond donors (Lipinski definition) is 1. The van der Waals surface area contributed by atoms with Crippen LogP contribution in [0.4, 0.5) is 10.1 Å². The summed E-state index contributed by atoms with van der Waals surface area (Å²) in [5, 5.41) is 0. The average molecular weight is 345 g/mol. The van der Waals surface area contributed by atoms with E-state index >= 15 is 0 Å². The van der Waals surface area contributed by atoms with Gasteiger partial charge in [0.25, 0.3) is 10.0 Å². The van der Waals surface area contributed by atoms with Crippen LogP contribution in [0.25, 0.3) is 0 Å². The highest BCUT2D eigenvalue weighted by atomic mass is 79.9. The predicted molar refractivity (Wildman–Crippen MR) is 73.9 cm³/mol. The maximum atomic E-state index is 13.7. The van der Waals surface area contributed by atoms with Crippen molar-refractivity contribution in [2.75, 3.05) is 4.72 Å². The van der Waals surface area contributed by atoms with Gasteiger partial charge in [-0.25, -0.2) is 12.8 Å². The molecule has 1 heterocycles. The number of sulfonamides is 1. The van der Waals surface area contributed by atoms with Crippen LogP contribution in [0.15, 0.2) is 46.0 Å². The lowest BCUT2D eigenvalue weighted by Crippen LogP contribution is -2.15. The molecular weight excluding hydrogens is 335 g/mol. The predicted octanol–water partition coefficient (Wildman–Crippen LogP) is 3.09. The van der Waals surface area contributed by atoms with Crippen LogP contribution in [0.5, 0.6) is 0 Å². The SMILES string of the molecule is Cc1ccncc1NS(=O)(=O)c1ccc(Br)cc1F. The van der Waals surface area contributed by atoms with E-state index in [0.717, 1.165) is 6.07 Å². The highest BCUT2D eigenvalue weighted by Crippen LogP contribution is 2.22. The van der Waals surface area contributed by atoms with E-state index in [4.69, 9.17) is 0 Å². The summed E-state index contributed by atoms with van der Waals surface area (Å²) in [4.78, 5) is 3.43. The molecule has 0 aliphatic carbocycles. The van der Waals surface area contributed by atoms with Gasteiger partial charge in [-0.3, -0.25) is 9.71 Å². The van der Waals surface area contributed by atoms with Gasteiger partial charge in [-0.1, -0.05) is 15.9 Å². The zero-order valence-electron chi connectivity index (χ0n) is 9.89. The first-order valence-corrected chi connectivity index (χ1v) is 7.56. The number of nitrogens with one attached hydrogen (secondary N) is 1.